The molecule has 0 unspecified atom stereocenters. The number of benzene rings is 3. The average Bonchev–Trinajstić information content (AvgIpc) is 3.38. The fraction of sp³-hybridized carbons (Fsp3) is 0.375. The zero-order valence-corrected chi connectivity index (χ0v) is 24.4. The molecule has 1 saturated heterocycles. The normalized spacial score (nSPS) is 15.8. The number of carbonyl (C=O) groups excluding carboxylic acids is 1. The Labute approximate surface area is 248 Å². The number of carbonyl (C=O) groups is 1. The average molecular weight is 596 g/mol. The molecule has 1 aliphatic rings. The lowest BCUT2D eigenvalue weighted by atomic mass is 9.91. The summed E-state index contributed by atoms with van der Waals surface area (Å²) >= 11 is 0. The number of aromatic nitrogens is 2. The Balaban J connectivity index is 1.27. The number of likely N-dealkylation sites (tertiary alicyclic amines) is 1. The van der Waals surface area contributed by atoms with E-state index in [1.165, 1.54) is 0 Å². The highest BCUT2D eigenvalue weighted by Gasteiger charge is 2.54. The van der Waals surface area contributed by atoms with Gasteiger partial charge in [0.1, 0.15) is 18.2 Å². The molecular weight excluding hydrogens is 559 g/mol. The molecule has 3 aromatic carbocycles. The number of nitrogens with one attached hydrogen (secondary N) is 2. The molecular formula is C32H36F3N5O3. The number of alkyl halides is 3. The van der Waals surface area contributed by atoms with Crippen LogP contribution in [0.25, 0.3) is 16.5 Å². The molecule has 11 heteroatoms. The molecule has 4 aromatic rings. The number of aliphatic hydroxyl groups is 1. The number of ether oxygens (including phenoxy) is 1. The van der Waals surface area contributed by atoms with Crippen LogP contribution in [-0.2, 0) is 5.41 Å². The monoisotopic (exact) mass is 595 g/mol. The smallest absolute Gasteiger partial charge is 0.417 e. The van der Waals surface area contributed by atoms with Crippen molar-refractivity contribution in [2.75, 3.05) is 36.9 Å². The van der Waals surface area contributed by atoms with Gasteiger partial charge in [-0.3, -0.25) is 10.2 Å². The van der Waals surface area contributed by atoms with Crippen LogP contribution in [0.5, 0.6) is 5.75 Å². The van der Waals surface area contributed by atoms with Gasteiger partial charge in [-0.1, -0.05) is 63.2 Å². The first-order valence-corrected chi connectivity index (χ1v) is 14.2. The second kappa shape index (κ2) is 11.9. The number of halogens is 3. The van der Waals surface area contributed by atoms with Crippen molar-refractivity contribution >= 4 is 28.3 Å². The SMILES string of the molecule is CC(C)(C)c1cc(NC(=O)Nc2cccc3ccccc23)n(-c2cccc(OCCN3CCC(O)(C(F)(F)F)CC3)c2)n1. The molecule has 1 fully saturated rings. The molecule has 3 N–H and O–H groups in total. The van der Waals surface area contributed by atoms with Gasteiger partial charge in [0, 0.05) is 42.6 Å². The summed E-state index contributed by atoms with van der Waals surface area (Å²) in [4.78, 5) is 15.0. The van der Waals surface area contributed by atoms with Gasteiger partial charge in [0.2, 0.25) is 0 Å². The summed E-state index contributed by atoms with van der Waals surface area (Å²) < 4.78 is 46.9. The van der Waals surface area contributed by atoms with Crippen molar-refractivity contribution in [3.05, 3.63) is 78.5 Å². The zero-order valence-electron chi connectivity index (χ0n) is 24.4. The lowest BCUT2D eigenvalue weighted by Crippen LogP contribution is -2.53. The molecule has 1 aromatic heterocycles. The number of amides is 2. The molecule has 0 spiro atoms. The minimum Gasteiger partial charge on any atom is -0.492 e. The minimum atomic E-state index is -4.63. The lowest BCUT2D eigenvalue weighted by molar-refractivity contribution is -0.272. The number of piperidine rings is 1. The molecule has 2 amide bonds. The van der Waals surface area contributed by atoms with E-state index in [-0.39, 0.29) is 38.0 Å². The standard InChI is InChI=1S/C32H36F3N5O3/c1-30(2,3)27-21-28(37-29(41)36-26-13-6-9-22-8-4-5-12-25(22)26)40(38-27)23-10-7-11-24(20-23)43-19-18-39-16-14-31(42,15-17-39)32(33,34)35/h4-13,20-21,42H,14-19H2,1-3H3,(H2,36,37,41). The van der Waals surface area contributed by atoms with Crippen molar-refractivity contribution in [2.24, 2.45) is 0 Å². The van der Waals surface area contributed by atoms with Crippen LogP contribution >= 0.6 is 0 Å². The van der Waals surface area contributed by atoms with E-state index in [2.05, 4.69) is 10.6 Å². The van der Waals surface area contributed by atoms with Crippen molar-refractivity contribution in [2.45, 2.75) is 50.8 Å². The Morgan fingerprint density at radius 3 is 2.40 bits per heavy atom. The number of fused-ring (bicyclic) bond motifs is 1. The maximum absolute atomic E-state index is 13.2. The molecule has 0 bridgehead atoms. The Bertz CT molecular complexity index is 1580. The van der Waals surface area contributed by atoms with Crippen LogP contribution in [-0.4, -0.2) is 63.8 Å². The van der Waals surface area contributed by atoms with Crippen molar-refractivity contribution in [1.29, 1.82) is 0 Å². The largest absolute Gasteiger partial charge is 0.492 e. The minimum absolute atomic E-state index is 0.137. The van der Waals surface area contributed by atoms with E-state index in [1.54, 1.807) is 16.8 Å². The summed E-state index contributed by atoms with van der Waals surface area (Å²) in [6.07, 6.45) is -5.34. The summed E-state index contributed by atoms with van der Waals surface area (Å²) in [6, 6.07) is 22.2. The molecule has 5 rings (SSSR count). The third kappa shape index (κ3) is 6.94. The second-order valence-electron chi connectivity index (χ2n) is 11.9. The van der Waals surface area contributed by atoms with Crippen LogP contribution in [0.3, 0.4) is 0 Å². The zero-order chi connectivity index (χ0) is 30.8. The van der Waals surface area contributed by atoms with Crippen molar-refractivity contribution < 1.29 is 27.8 Å². The second-order valence-corrected chi connectivity index (χ2v) is 11.9. The quantitative estimate of drug-likeness (QED) is 0.220. The van der Waals surface area contributed by atoms with Crippen LogP contribution in [0.2, 0.25) is 0 Å². The van der Waals surface area contributed by atoms with Crippen molar-refractivity contribution in [3.8, 4) is 11.4 Å². The summed E-state index contributed by atoms with van der Waals surface area (Å²) in [6.45, 7) is 7.07. The first kappa shape index (κ1) is 30.4. The van der Waals surface area contributed by atoms with Gasteiger partial charge in [-0.2, -0.15) is 18.3 Å². The Kier molecular flexibility index (Phi) is 8.40. The lowest BCUT2D eigenvalue weighted by Gasteiger charge is -2.39. The molecule has 43 heavy (non-hydrogen) atoms. The van der Waals surface area contributed by atoms with E-state index in [0.29, 0.717) is 29.5 Å². The summed E-state index contributed by atoms with van der Waals surface area (Å²) in [5.74, 6) is 1.03. The fourth-order valence-corrected chi connectivity index (χ4v) is 5.07. The number of nitrogens with zero attached hydrogens (tertiary/aromatic N) is 3. The van der Waals surface area contributed by atoms with Gasteiger partial charge < -0.3 is 15.2 Å². The van der Waals surface area contributed by atoms with Gasteiger partial charge >= 0.3 is 12.2 Å². The molecule has 228 valence electrons. The molecule has 0 radical (unpaired) electrons. The third-order valence-electron chi connectivity index (χ3n) is 7.71. The summed E-state index contributed by atoms with van der Waals surface area (Å²) in [5.41, 5.74) is -0.768. The van der Waals surface area contributed by atoms with Gasteiger partial charge in [0.25, 0.3) is 0 Å². The molecule has 1 aliphatic heterocycles. The van der Waals surface area contributed by atoms with Crippen LogP contribution in [0.15, 0.2) is 72.8 Å². The molecule has 8 nitrogen and oxygen atoms in total. The van der Waals surface area contributed by atoms with Crippen molar-refractivity contribution in [3.63, 3.8) is 0 Å². The maximum atomic E-state index is 13.2. The van der Waals surface area contributed by atoms with Gasteiger partial charge in [0.15, 0.2) is 5.60 Å². The van der Waals surface area contributed by atoms with Crippen molar-refractivity contribution in [1.82, 2.24) is 14.7 Å². The van der Waals surface area contributed by atoms with Crippen LogP contribution < -0.4 is 15.4 Å². The number of hydrogen-bond donors (Lipinski definition) is 3. The highest BCUT2D eigenvalue weighted by atomic mass is 19.4. The van der Waals surface area contributed by atoms with Gasteiger partial charge in [-0.15, -0.1) is 0 Å². The van der Waals surface area contributed by atoms with E-state index in [0.717, 1.165) is 16.5 Å². The van der Waals surface area contributed by atoms with E-state index < -0.39 is 17.8 Å². The number of urea groups is 1. The Morgan fingerprint density at radius 2 is 1.67 bits per heavy atom. The Morgan fingerprint density at radius 1 is 0.977 bits per heavy atom. The van der Waals surface area contributed by atoms with Gasteiger partial charge in [-0.25, -0.2) is 9.48 Å². The van der Waals surface area contributed by atoms with Crippen LogP contribution in [0.4, 0.5) is 29.5 Å². The van der Waals surface area contributed by atoms with E-state index in [1.807, 2.05) is 86.3 Å². The highest BCUT2D eigenvalue weighted by molar-refractivity contribution is 6.06. The molecule has 0 aliphatic carbocycles. The first-order valence-electron chi connectivity index (χ1n) is 14.2. The molecule has 0 saturated carbocycles. The molecule has 0 atom stereocenters. The third-order valence-corrected chi connectivity index (χ3v) is 7.71. The van der Waals surface area contributed by atoms with Gasteiger partial charge in [-0.05, 0) is 36.4 Å². The van der Waals surface area contributed by atoms with E-state index >= 15 is 0 Å². The topological polar surface area (TPSA) is 91.7 Å². The fourth-order valence-electron chi connectivity index (χ4n) is 5.07. The number of rotatable bonds is 7. The van der Waals surface area contributed by atoms with Gasteiger partial charge in [0.05, 0.1) is 17.1 Å². The van der Waals surface area contributed by atoms with E-state index in [4.69, 9.17) is 9.84 Å². The Hall–Kier alpha value is -4.09. The number of anilines is 2. The van der Waals surface area contributed by atoms with E-state index in [9.17, 15) is 23.1 Å². The predicted molar refractivity (Wildman–Crippen MR) is 161 cm³/mol. The summed E-state index contributed by atoms with van der Waals surface area (Å²) in [7, 11) is 0. The first-order chi connectivity index (χ1) is 20.3. The number of hydrogen-bond acceptors (Lipinski definition) is 5. The highest BCUT2D eigenvalue weighted by Crippen LogP contribution is 2.38. The predicted octanol–water partition coefficient (Wildman–Crippen LogP) is 6.74. The maximum Gasteiger partial charge on any atom is 0.417 e. The van der Waals surface area contributed by atoms with Crippen LogP contribution in [0, 0.1) is 0 Å². The molecule has 2 heterocycles. The van der Waals surface area contributed by atoms with Crippen LogP contribution in [0.1, 0.15) is 39.3 Å². The summed E-state index contributed by atoms with van der Waals surface area (Å²) in [5, 5.41) is 22.5.